The normalized spacial score (nSPS) is 12.4. The first-order valence-electron chi connectivity index (χ1n) is 12.7. The number of para-hydroxylation sites is 1. The van der Waals surface area contributed by atoms with E-state index < -0.39 is 62.2 Å². The van der Waals surface area contributed by atoms with Crippen LogP contribution < -0.4 is 10.6 Å². The number of nitrogens with one attached hydrogen (secondary N) is 2. The van der Waals surface area contributed by atoms with Crippen molar-refractivity contribution in [1.82, 2.24) is 15.0 Å². The number of hydrogen-bond donors (Lipinski definition) is 6. The predicted octanol–water partition coefficient (Wildman–Crippen LogP) is 5.33. The molecule has 1 aromatic heterocycles. The summed E-state index contributed by atoms with van der Waals surface area (Å²) < 4.78 is 102. The van der Waals surface area contributed by atoms with Gasteiger partial charge in [0.05, 0.1) is 10.6 Å². The highest BCUT2D eigenvalue weighted by Gasteiger charge is 2.26. The summed E-state index contributed by atoms with van der Waals surface area (Å²) in [5.41, 5.74) is -0.736. The summed E-state index contributed by atoms with van der Waals surface area (Å²) in [6.45, 7) is 1.52. The Bertz CT molecular complexity index is 2430. The van der Waals surface area contributed by atoms with Crippen LogP contribution >= 0.6 is 11.6 Å². The van der Waals surface area contributed by atoms with Crippen molar-refractivity contribution in [2.24, 2.45) is 10.2 Å². The maximum atomic E-state index is 12.4. The monoisotopic (exact) mass is 721 g/mol. The highest BCUT2D eigenvalue weighted by atomic mass is 35.5. The number of aromatic hydroxyl groups is 1. The second-order valence-electron chi connectivity index (χ2n) is 9.60. The Morgan fingerprint density at radius 2 is 1.36 bits per heavy atom. The molecular formula is C26H20ClN7O10S3. The van der Waals surface area contributed by atoms with Crippen LogP contribution in [0.25, 0.3) is 10.8 Å². The molecular weight excluding hydrogens is 702 g/mol. The van der Waals surface area contributed by atoms with E-state index in [1.54, 1.807) is 30.3 Å². The number of aryl methyl sites for hydroxylation is 1. The van der Waals surface area contributed by atoms with Crippen LogP contribution in [0.2, 0.25) is 5.28 Å². The van der Waals surface area contributed by atoms with E-state index in [-0.39, 0.29) is 33.6 Å². The molecule has 1 heterocycles. The van der Waals surface area contributed by atoms with E-state index in [0.717, 1.165) is 30.3 Å². The summed E-state index contributed by atoms with van der Waals surface area (Å²) >= 11 is 6.08. The molecule has 21 heteroatoms. The lowest BCUT2D eigenvalue weighted by Gasteiger charge is -2.15. The van der Waals surface area contributed by atoms with Crippen molar-refractivity contribution in [1.29, 1.82) is 0 Å². The van der Waals surface area contributed by atoms with E-state index in [4.69, 9.17) is 11.6 Å². The van der Waals surface area contributed by atoms with Crippen LogP contribution in [0.4, 0.5) is 34.6 Å². The first kappa shape index (κ1) is 33.5. The summed E-state index contributed by atoms with van der Waals surface area (Å²) in [5.74, 6) is -1.38. The number of nitrogens with zero attached hydrogens (tertiary/aromatic N) is 5. The van der Waals surface area contributed by atoms with Crippen LogP contribution in [-0.2, 0) is 30.4 Å². The van der Waals surface area contributed by atoms with Gasteiger partial charge in [-0.15, -0.1) is 10.2 Å². The number of aromatic nitrogens is 3. The van der Waals surface area contributed by atoms with Crippen LogP contribution in [0.15, 0.2) is 91.6 Å². The molecule has 0 bridgehead atoms. The number of fused-ring (bicyclic) bond motifs is 1. The minimum absolute atomic E-state index is 0.0611. The maximum Gasteiger partial charge on any atom is 0.296 e. The maximum absolute atomic E-state index is 12.4. The minimum atomic E-state index is -5.23. The zero-order valence-electron chi connectivity index (χ0n) is 23.4. The third kappa shape index (κ3) is 7.60. The van der Waals surface area contributed by atoms with E-state index in [0.29, 0.717) is 11.3 Å². The van der Waals surface area contributed by atoms with Gasteiger partial charge in [-0.25, -0.2) is 0 Å². The number of anilines is 4. The zero-order chi connectivity index (χ0) is 34.3. The van der Waals surface area contributed by atoms with Crippen molar-refractivity contribution in [3.8, 4) is 5.75 Å². The number of halogens is 1. The van der Waals surface area contributed by atoms with Gasteiger partial charge in [-0.2, -0.15) is 40.2 Å². The Hall–Kier alpha value is -4.83. The van der Waals surface area contributed by atoms with Crippen LogP contribution in [0.1, 0.15) is 5.56 Å². The molecule has 5 rings (SSSR count). The van der Waals surface area contributed by atoms with E-state index in [1.165, 1.54) is 13.0 Å². The molecule has 0 radical (unpaired) electrons. The number of azo groups is 1. The average Bonchev–Trinajstić information content (AvgIpc) is 2.95. The summed E-state index contributed by atoms with van der Waals surface area (Å²) in [4.78, 5) is 9.52. The molecule has 0 spiro atoms. The lowest BCUT2D eigenvalue weighted by molar-refractivity contribution is 0.472. The van der Waals surface area contributed by atoms with Gasteiger partial charge in [0, 0.05) is 11.1 Å². The number of phenolic OH excluding ortho intramolecular Hbond substituents is 1. The van der Waals surface area contributed by atoms with E-state index >= 15 is 0 Å². The molecule has 0 aliphatic rings. The van der Waals surface area contributed by atoms with Crippen LogP contribution in [-0.4, -0.2) is 59.0 Å². The van der Waals surface area contributed by atoms with Crippen LogP contribution in [0.3, 0.4) is 0 Å². The standard InChI is InChI=1S/C26H20ClN7O10S3/c1-13-7-8-17(19(9-13)46(39,40)41)33-34-22-20(47(42,43)44)11-14-10-16(45(36,37)38)12-18(21(14)23(22)35)29-26-31-24(27)30-25(32-26)28-15-5-3-2-4-6-15/h2-12,35H,1H3,(H,36,37,38)(H,39,40,41)(H,42,43,44)(H2,28,29,30,31,32). The van der Waals surface area contributed by atoms with E-state index in [2.05, 4.69) is 35.8 Å². The van der Waals surface area contributed by atoms with Crippen molar-refractivity contribution in [3.63, 3.8) is 0 Å². The number of benzene rings is 4. The molecule has 6 N–H and O–H groups in total. The topological polar surface area (TPSA) is 271 Å². The molecule has 0 fully saturated rings. The molecule has 0 saturated heterocycles. The van der Waals surface area contributed by atoms with Gasteiger partial charge < -0.3 is 15.7 Å². The zero-order valence-corrected chi connectivity index (χ0v) is 26.6. The SMILES string of the molecule is Cc1ccc(N=Nc2c(S(=O)(=O)O)cc3cc(S(=O)(=O)O)cc(Nc4nc(Cl)nc(Nc5ccccc5)n4)c3c2O)c(S(=O)(=O)O)c1. The molecule has 244 valence electrons. The molecule has 0 saturated carbocycles. The van der Waals surface area contributed by atoms with Crippen molar-refractivity contribution >= 4 is 87.4 Å². The van der Waals surface area contributed by atoms with Gasteiger partial charge in [0.15, 0.2) is 5.75 Å². The van der Waals surface area contributed by atoms with Gasteiger partial charge in [-0.3, -0.25) is 13.7 Å². The molecule has 17 nitrogen and oxygen atoms in total. The van der Waals surface area contributed by atoms with Crippen molar-refractivity contribution in [2.45, 2.75) is 21.6 Å². The fourth-order valence-corrected chi connectivity index (χ4v) is 6.32. The number of hydrogen-bond acceptors (Lipinski definition) is 14. The Morgan fingerprint density at radius 3 is 1.98 bits per heavy atom. The van der Waals surface area contributed by atoms with Crippen LogP contribution in [0, 0.1) is 6.92 Å². The smallest absolute Gasteiger partial charge is 0.296 e. The Kier molecular flexibility index (Phi) is 8.85. The second-order valence-corrected chi connectivity index (χ2v) is 14.1. The van der Waals surface area contributed by atoms with Crippen molar-refractivity contribution < 1.29 is 44.0 Å². The quantitative estimate of drug-likeness (QED) is 0.0828. The van der Waals surface area contributed by atoms with Gasteiger partial charge in [0.2, 0.25) is 17.2 Å². The first-order chi connectivity index (χ1) is 21.9. The molecule has 0 unspecified atom stereocenters. The third-order valence-corrected chi connectivity index (χ3v) is 8.98. The number of rotatable bonds is 9. The fraction of sp³-hybridized carbons (Fsp3) is 0.0385. The van der Waals surface area contributed by atoms with Crippen molar-refractivity contribution in [3.05, 3.63) is 77.6 Å². The minimum Gasteiger partial charge on any atom is -0.505 e. The Labute approximate surface area is 271 Å². The first-order valence-corrected chi connectivity index (χ1v) is 17.4. The molecule has 0 atom stereocenters. The third-order valence-electron chi connectivity index (χ3n) is 6.23. The summed E-state index contributed by atoms with van der Waals surface area (Å²) in [7, 11) is -15.0. The molecule has 4 aromatic carbocycles. The van der Waals surface area contributed by atoms with E-state index in [1.807, 2.05) is 0 Å². The molecule has 47 heavy (non-hydrogen) atoms. The largest absolute Gasteiger partial charge is 0.505 e. The fourth-order valence-electron chi connectivity index (χ4n) is 4.25. The Balaban J connectivity index is 1.74. The highest BCUT2D eigenvalue weighted by Crippen LogP contribution is 2.46. The van der Waals surface area contributed by atoms with Gasteiger partial charge in [-0.1, -0.05) is 24.3 Å². The Morgan fingerprint density at radius 1 is 0.723 bits per heavy atom. The summed E-state index contributed by atoms with van der Waals surface area (Å²) in [6, 6.07) is 14.6. The van der Waals surface area contributed by atoms with E-state index in [9.17, 15) is 44.0 Å². The number of phenols is 1. The molecule has 5 aromatic rings. The molecule has 0 aliphatic heterocycles. The van der Waals surface area contributed by atoms with Gasteiger partial charge in [-0.05, 0) is 71.9 Å². The molecule has 0 amide bonds. The van der Waals surface area contributed by atoms with Gasteiger partial charge in [0.25, 0.3) is 30.4 Å². The highest BCUT2D eigenvalue weighted by molar-refractivity contribution is 7.86. The van der Waals surface area contributed by atoms with Gasteiger partial charge in [0.1, 0.15) is 21.2 Å². The predicted molar refractivity (Wildman–Crippen MR) is 168 cm³/mol. The summed E-state index contributed by atoms with van der Waals surface area (Å²) in [5, 5.41) is 23.2. The lowest BCUT2D eigenvalue weighted by atomic mass is 10.1. The molecule has 0 aliphatic carbocycles. The van der Waals surface area contributed by atoms with Crippen molar-refractivity contribution in [2.75, 3.05) is 10.6 Å². The lowest BCUT2D eigenvalue weighted by Crippen LogP contribution is -2.06. The van der Waals surface area contributed by atoms with Gasteiger partial charge >= 0.3 is 0 Å². The average molecular weight is 722 g/mol. The second kappa shape index (κ2) is 12.4. The van der Waals surface area contributed by atoms with Crippen LogP contribution in [0.5, 0.6) is 5.75 Å². The summed E-state index contributed by atoms with van der Waals surface area (Å²) in [6.07, 6.45) is 0.